The number of carbonyl (C=O) groups is 1. The van der Waals surface area contributed by atoms with Crippen LogP contribution in [0.2, 0.25) is 0 Å². The molecule has 0 atom stereocenters. The van der Waals surface area contributed by atoms with Crippen LogP contribution in [0.3, 0.4) is 0 Å². The molecule has 1 amide bonds. The number of hydrogen-bond donors (Lipinski definition) is 1. The van der Waals surface area contributed by atoms with E-state index in [2.05, 4.69) is 15.5 Å². The molecule has 0 bridgehead atoms. The lowest BCUT2D eigenvalue weighted by Gasteiger charge is -2.00. The van der Waals surface area contributed by atoms with E-state index in [9.17, 15) is 4.79 Å². The number of hydrogen-bond acceptors (Lipinski definition) is 4. The Kier molecular flexibility index (Phi) is 3.50. The molecule has 1 saturated carbocycles. The van der Waals surface area contributed by atoms with Crippen molar-refractivity contribution in [1.29, 1.82) is 0 Å². The highest BCUT2D eigenvalue weighted by molar-refractivity contribution is 5.76. The minimum atomic E-state index is 0.0582. The van der Waals surface area contributed by atoms with E-state index in [1.54, 1.807) is 0 Å². The molecule has 1 aromatic carbocycles. The monoisotopic (exact) mass is 271 g/mol. The Morgan fingerprint density at radius 3 is 3.00 bits per heavy atom. The summed E-state index contributed by atoms with van der Waals surface area (Å²) in [5.74, 6) is 1.07. The van der Waals surface area contributed by atoms with E-state index in [1.807, 2.05) is 31.2 Å². The summed E-state index contributed by atoms with van der Waals surface area (Å²) in [5.41, 5.74) is 2.05. The molecule has 1 fully saturated rings. The molecule has 0 saturated heterocycles. The molecule has 1 heterocycles. The minimum Gasteiger partial charge on any atom is -0.421 e. The molecule has 5 heteroatoms. The van der Waals surface area contributed by atoms with Gasteiger partial charge in [-0.1, -0.05) is 17.7 Å². The average Bonchev–Trinajstić information content (AvgIpc) is 3.11. The third-order valence-electron chi connectivity index (χ3n) is 3.24. The zero-order valence-corrected chi connectivity index (χ0v) is 11.4. The topological polar surface area (TPSA) is 68.0 Å². The molecule has 1 aliphatic rings. The van der Waals surface area contributed by atoms with Crippen molar-refractivity contribution in [2.75, 3.05) is 0 Å². The number of nitrogens with zero attached hydrogens (tertiary/aromatic N) is 2. The van der Waals surface area contributed by atoms with Crippen molar-refractivity contribution in [3.63, 3.8) is 0 Å². The zero-order chi connectivity index (χ0) is 13.9. The number of benzene rings is 1. The SMILES string of the molecule is Cc1cccc(-c2nnc(CCC(=O)NC3CC3)o2)c1. The third kappa shape index (κ3) is 3.23. The van der Waals surface area contributed by atoms with E-state index >= 15 is 0 Å². The van der Waals surface area contributed by atoms with Gasteiger partial charge in [-0.2, -0.15) is 0 Å². The van der Waals surface area contributed by atoms with Crippen molar-refractivity contribution >= 4 is 5.91 Å². The molecule has 0 spiro atoms. The number of amides is 1. The van der Waals surface area contributed by atoms with Crippen molar-refractivity contribution in [3.8, 4) is 11.5 Å². The first-order chi connectivity index (χ1) is 9.70. The van der Waals surface area contributed by atoms with E-state index in [4.69, 9.17) is 4.42 Å². The van der Waals surface area contributed by atoms with Gasteiger partial charge >= 0.3 is 0 Å². The van der Waals surface area contributed by atoms with Gasteiger partial charge in [0.05, 0.1) is 0 Å². The normalized spacial score (nSPS) is 14.2. The van der Waals surface area contributed by atoms with Gasteiger partial charge in [-0.15, -0.1) is 10.2 Å². The van der Waals surface area contributed by atoms with Crippen LogP contribution in [-0.2, 0) is 11.2 Å². The number of nitrogens with one attached hydrogen (secondary N) is 1. The fourth-order valence-electron chi connectivity index (χ4n) is 2.00. The van der Waals surface area contributed by atoms with Crippen molar-refractivity contribution < 1.29 is 9.21 Å². The van der Waals surface area contributed by atoms with Gasteiger partial charge in [0.1, 0.15) is 0 Å². The highest BCUT2D eigenvalue weighted by atomic mass is 16.4. The number of aromatic nitrogens is 2. The maximum Gasteiger partial charge on any atom is 0.247 e. The molecule has 1 aliphatic carbocycles. The van der Waals surface area contributed by atoms with E-state index < -0.39 is 0 Å². The average molecular weight is 271 g/mol. The van der Waals surface area contributed by atoms with E-state index in [0.717, 1.165) is 24.0 Å². The minimum absolute atomic E-state index is 0.0582. The summed E-state index contributed by atoms with van der Waals surface area (Å²) in [6, 6.07) is 8.30. The molecular formula is C15H17N3O2. The molecule has 5 nitrogen and oxygen atoms in total. The van der Waals surface area contributed by atoms with Crippen LogP contribution in [0.1, 0.15) is 30.7 Å². The number of rotatable bonds is 5. The first-order valence-corrected chi connectivity index (χ1v) is 6.89. The largest absolute Gasteiger partial charge is 0.421 e. The summed E-state index contributed by atoms with van der Waals surface area (Å²) >= 11 is 0. The van der Waals surface area contributed by atoms with E-state index in [-0.39, 0.29) is 5.91 Å². The second-order valence-electron chi connectivity index (χ2n) is 5.21. The van der Waals surface area contributed by atoms with Crippen LogP contribution in [0, 0.1) is 6.92 Å². The maximum atomic E-state index is 11.6. The summed E-state index contributed by atoms with van der Waals surface area (Å²) in [4.78, 5) is 11.6. The van der Waals surface area contributed by atoms with Crippen LogP contribution < -0.4 is 5.32 Å². The first kappa shape index (κ1) is 12.8. The van der Waals surface area contributed by atoms with Gasteiger partial charge < -0.3 is 9.73 Å². The van der Waals surface area contributed by atoms with E-state index in [1.165, 1.54) is 0 Å². The lowest BCUT2D eigenvalue weighted by atomic mass is 10.1. The lowest BCUT2D eigenvalue weighted by molar-refractivity contribution is -0.121. The molecular weight excluding hydrogens is 254 g/mol. The van der Waals surface area contributed by atoms with Crippen molar-refractivity contribution in [3.05, 3.63) is 35.7 Å². The van der Waals surface area contributed by atoms with Crippen molar-refractivity contribution in [1.82, 2.24) is 15.5 Å². The second-order valence-corrected chi connectivity index (χ2v) is 5.21. The van der Waals surface area contributed by atoms with Gasteiger partial charge in [0.2, 0.25) is 17.7 Å². The standard InChI is InChI=1S/C15H17N3O2/c1-10-3-2-4-11(9-10)15-18-17-14(20-15)8-7-13(19)16-12-5-6-12/h2-4,9,12H,5-8H2,1H3,(H,16,19). The fourth-order valence-corrected chi connectivity index (χ4v) is 2.00. The third-order valence-corrected chi connectivity index (χ3v) is 3.24. The number of aryl methyl sites for hydroxylation is 2. The Labute approximate surface area is 117 Å². The highest BCUT2D eigenvalue weighted by Gasteiger charge is 2.23. The molecule has 2 aromatic rings. The lowest BCUT2D eigenvalue weighted by Crippen LogP contribution is -2.25. The summed E-state index contributed by atoms with van der Waals surface area (Å²) in [7, 11) is 0. The van der Waals surface area contributed by atoms with Crippen molar-refractivity contribution in [2.45, 2.75) is 38.6 Å². The summed E-state index contributed by atoms with van der Waals surface area (Å²) in [6.07, 6.45) is 3.08. The molecule has 20 heavy (non-hydrogen) atoms. The Morgan fingerprint density at radius 2 is 2.25 bits per heavy atom. The van der Waals surface area contributed by atoms with Crippen LogP contribution in [0.25, 0.3) is 11.5 Å². The maximum absolute atomic E-state index is 11.6. The summed E-state index contributed by atoms with van der Waals surface area (Å²) in [6.45, 7) is 2.02. The van der Waals surface area contributed by atoms with E-state index in [0.29, 0.717) is 30.7 Å². The van der Waals surface area contributed by atoms with Gasteiger partial charge in [-0.05, 0) is 31.9 Å². The quantitative estimate of drug-likeness (QED) is 0.905. The molecule has 1 aromatic heterocycles. The van der Waals surface area contributed by atoms with Gasteiger partial charge in [-0.3, -0.25) is 4.79 Å². The molecule has 0 aliphatic heterocycles. The van der Waals surface area contributed by atoms with Gasteiger partial charge in [-0.25, -0.2) is 0 Å². The predicted octanol–water partition coefficient (Wildman–Crippen LogP) is 2.26. The van der Waals surface area contributed by atoms with Gasteiger partial charge in [0, 0.05) is 24.4 Å². The molecule has 104 valence electrons. The second kappa shape index (κ2) is 5.45. The smallest absolute Gasteiger partial charge is 0.247 e. The van der Waals surface area contributed by atoms with Crippen LogP contribution in [0.15, 0.2) is 28.7 Å². The van der Waals surface area contributed by atoms with Crippen LogP contribution in [-0.4, -0.2) is 22.1 Å². The highest BCUT2D eigenvalue weighted by Crippen LogP contribution is 2.20. The summed E-state index contributed by atoms with van der Waals surface area (Å²) in [5, 5.41) is 11.0. The predicted molar refractivity (Wildman–Crippen MR) is 74.0 cm³/mol. The fraction of sp³-hybridized carbons (Fsp3) is 0.400. The summed E-state index contributed by atoms with van der Waals surface area (Å²) < 4.78 is 5.59. The molecule has 3 rings (SSSR count). The molecule has 1 N–H and O–H groups in total. The Morgan fingerprint density at radius 1 is 1.40 bits per heavy atom. The Bertz CT molecular complexity index is 617. The molecule has 0 unspecified atom stereocenters. The van der Waals surface area contributed by atoms with Crippen LogP contribution >= 0.6 is 0 Å². The van der Waals surface area contributed by atoms with Crippen molar-refractivity contribution in [2.24, 2.45) is 0 Å². The van der Waals surface area contributed by atoms with Crippen LogP contribution in [0.4, 0.5) is 0 Å². The number of carbonyl (C=O) groups excluding carboxylic acids is 1. The Hall–Kier alpha value is -2.17. The molecule has 0 radical (unpaired) electrons. The Balaban J connectivity index is 1.60. The van der Waals surface area contributed by atoms with Gasteiger partial charge in [0.15, 0.2) is 0 Å². The zero-order valence-electron chi connectivity index (χ0n) is 11.4. The first-order valence-electron chi connectivity index (χ1n) is 6.89. The van der Waals surface area contributed by atoms with Gasteiger partial charge in [0.25, 0.3) is 0 Å². The van der Waals surface area contributed by atoms with Crippen LogP contribution in [0.5, 0.6) is 0 Å².